The Bertz CT molecular complexity index is 502. The Kier molecular flexibility index (Phi) is 6.27. The Morgan fingerprint density at radius 3 is 2.58 bits per heavy atom. The van der Waals surface area contributed by atoms with Crippen molar-refractivity contribution in [3.05, 3.63) is 23.8 Å². The van der Waals surface area contributed by atoms with E-state index in [4.69, 9.17) is 14.2 Å². The molecule has 0 unspecified atom stereocenters. The minimum atomic E-state index is -1.08. The highest BCUT2D eigenvalue weighted by molar-refractivity contribution is 5.81. The van der Waals surface area contributed by atoms with E-state index in [0.29, 0.717) is 12.5 Å². The van der Waals surface area contributed by atoms with Crippen molar-refractivity contribution in [2.24, 2.45) is 5.92 Å². The maximum atomic E-state index is 12.5. The molecule has 0 aromatic rings. The average molecular weight is 336 g/mol. The van der Waals surface area contributed by atoms with Gasteiger partial charge in [0.05, 0.1) is 6.61 Å². The average Bonchev–Trinajstić information content (AvgIpc) is 3.10. The van der Waals surface area contributed by atoms with Crippen molar-refractivity contribution < 1.29 is 19.0 Å². The lowest BCUT2D eigenvalue weighted by atomic mass is 9.97. The topological polar surface area (TPSA) is 44.8 Å². The number of ether oxygens (including phenoxy) is 3. The summed E-state index contributed by atoms with van der Waals surface area (Å²) in [6, 6.07) is 0. The quantitative estimate of drug-likeness (QED) is 0.527. The molecule has 1 saturated carbocycles. The van der Waals surface area contributed by atoms with Gasteiger partial charge in [-0.15, -0.1) is 0 Å². The molecule has 1 aliphatic carbocycles. The van der Waals surface area contributed by atoms with Gasteiger partial charge in [-0.1, -0.05) is 44.1 Å². The summed E-state index contributed by atoms with van der Waals surface area (Å²) < 4.78 is 17.7. The number of esters is 1. The van der Waals surface area contributed by atoms with E-state index in [1.54, 1.807) is 6.92 Å². The van der Waals surface area contributed by atoms with Crippen LogP contribution in [-0.4, -0.2) is 30.1 Å². The van der Waals surface area contributed by atoms with Gasteiger partial charge in [-0.2, -0.15) is 0 Å². The lowest BCUT2D eigenvalue weighted by Crippen LogP contribution is -2.45. The molecule has 2 rings (SSSR count). The van der Waals surface area contributed by atoms with E-state index in [1.165, 1.54) is 5.57 Å². The molecule has 0 bridgehead atoms. The van der Waals surface area contributed by atoms with Crippen molar-refractivity contribution in [2.75, 3.05) is 6.61 Å². The molecular weight excluding hydrogens is 304 g/mol. The molecule has 2 fully saturated rings. The van der Waals surface area contributed by atoms with Gasteiger partial charge in [0.15, 0.2) is 11.4 Å². The zero-order valence-corrected chi connectivity index (χ0v) is 15.8. The summed E-state index contributed by atoms with van der Waals surface area (Å²) in [5.41, 5.74) is 0.0968. The van der Waals surface area contributed by atoms with Gasteiger partial charge in [-0.05, 0) is 39.5 Å². The van der Waals surface area contributed by atoms with Crippen LogP contribution in [-0.2, 0) is 19.0 Å². The summed E-state index contributed by atoms with van der Waals surface area (Å²) in [6.07, 6.45) is 10.7. The molecule has 1 heterocycles. The van der Waals surface area contributed by atoms with Crippen LogP contribution in [0.5, 0.6) is 0 Å². The molecule has 0 N–H and O–H groups in total. The van der Waals surface area contributed by atoms with E-state index in [2.05, 4.69) is 26.8 Å². The van der Waals surface area contributed by atoms with Crippen molar-refractivity contribution in [3.63, 3.8) is 0 Å². The van der Waals surface area contributed by atoms with Crippen molar-refractivity contribution in [3.8, 4) is 0 Å². The second-order valence-electron chi connectivity index (χ2n) is 7.24. The number of carbonyl (C=O) groups is 1. The number of carbonyl (C=O) groups excluding carboxylic acids is 1. The van der Waals surface area contributed by atoms with Crippen LogP contribution in [0, 0.1) is 5.92 Å². The van der Waals surface area contributed by atoms with Crippen molar-refractivity contribution in [1.82, 2.24) is 0 Å². The molecule has 0 amide bonds. The van der Waals surface area contributed by atoms with Gasteiger partial charge < -0.3 is 14.2 Å². The molecule has 2 aliphatic rings. The van der Waals surface area contributed by atoms with E-state index in [1.807, 2.05) is 19.1 Å². The maximum absolute atomic E-state index is 12.5. The van der Waals surface area contributed by atoms with Crippen LogP contribution in [0.15, 0.2) is 23.8 Å². The van der Waals surface area contributed by atoms with Crippen LogP contribution in [0.2, 0.25) is 0 Å². The normalized spacial score (nSPS) is 31.0. The zero-order valence-electron chi connectivity index (χ0n) is 15.8. The Hall–Kier alpha value is -1.13. The molecule has 1 saturated heterocycles. The summed E-state index contributed by atoms with van der Waals surface area (Å²) in [5.74, 6) is -0.426. The third-order valence-electron chi connectivity index (χ3n) is 5.05. The third kappa shape index (κ3) is 4.09. The van der Waals surface area contributed by atoms with Gasteiger partial charge in [0.25, 0.3) is 0 Å². The third-order valence-corrected chi connectivity index (χ3v) is 5.05. The molecule has 3 atom stereocenters. The minimum absolute atomic E-state index is 0.341. The highest BCUT2D eigenvalue weighted by atomic mass is 16.8. The number of allylic oxidation sites excluding steroid dienone is 3. The monoisotopic (exact) mass is 336 g/mol. The first-order chi connectivity index (χ1) is 11.3. The molecule has 1 spiro atoms. The molecular formula is C20H32O4. The van der Waals surface area contributed by atoms with E-state index >= 15 is 0 Å². The summed E-state index contributed by atoms with van der Waals surface area (Å²) in [6.45, 7) is 10.4. The van der Waals surface area contributed by atoms with E-state index in [-0.39, 0.29) is 5.97 Å². The summed E-state index contributed by atoms with van der Waals surface area (Å²) in [4.78, 5) is 12.5. The lowest BCUT2D eigenvalue weighted by molar-refractivity contribution is -0.197. The van der Waals surface area contributed by atoms with Gasteiger partial charge in [0.2, 0.25) is 0 Å². The Morgan fingerprint density at radius 2 is 2.00 bits per heavy atom. The van der Waals surface area contributed by atoms with Gasteiger partial charge in [-0.25, -0.2) is 4.79 Å². The Morgan fingerprint density at radius 1 is 1.33 bits per heavy atom. The van der Waals surface area contributed by atoms with Crippen LogP contribution in [0.1, 0.15) is 66.7 Å². The largest absolute Gasteiger partial charge is 0.464 e. The van der Waals surface area contributed by atoms with E-state index in [9.17, 15) is 4.79 Å². The highest BCUT2D eigenvalue weighted by Gasteiger charge is 2.59. The predicted octanol–water partition coefficient (Wildman–Crippen LogP) is 4.54. The fourth-order valence-electron chi connectivity index (χ4n) is 3.46. The van der Waals surface area contributed by atoms with Crippen molar-refractivity contribution >= 4 is 5.97 Å². The molecule has 136 valence electrons. The fourth-order valence-corrected chi connectivity index (χ4v) is 3.46. The second kappa shape index (κ2) is 7.83. The smallest absolute Gasteiger partial charge is 0.341 e. The molecule has 0 aromatic heterocycles. The van der Waals surface area contributed by atoms with Crippen LogP contribution in [0.25, 0.3) is 0 Å². The molecule has 4 nitrogen and oxygen atoms in total. The van der Waals surface area contributed by atoms with E-state index < -0.39 is 17.5 Å². The maximum Gasteiger partial charge on any atom is 0.341 e. The zero-order chi connectivity index (χ0) is 17.8. The van der Waals surface area contributed by atoms with Gasteiger partial charge in [-0.3, -0.25) is 0 Å². The summed E-state index contributed by atoms with van der Waals surface area (Å²) >= 11 is 0. The van der Waals surface area contributed by atoms with Gasteiger partial charge in [0.1, 0.15) is 6.10 Å². The first-order valence-electron chi connectivity index (χ1n) is 9.27. The van der Waals surface area contributed by atoms with Crippen molar-refractivity contribution in [2.45, 2.75) is 84.2 Å². The number of hydrogen-bond donors (Lipinski definition) is 0. The predicted molar refractivity (Wildman–Crippen MR) is 94.5 cm³/mol. The molecule has 0 aromatic carbocycles. The fraction of sp³-hybridized carbons (Fsp3) is 0.750. The molecule has 1 aliphatic heterocycles. The van der Waals surface area contributed by atoms with Gasteiger partial charge in [0, 0.05) is 12.8 Å². The standard InChI is InChI=1S/C20H32O4/c1-6-15(3)14-16(4)10-11-17-19(5,18(21)22-7-2)24-20(23-17)12-8-9-13-20/h10-11,14-15,17H,6-9,12-13H2,1-5H3/b11-10-,16-14+/t15-,17-,19+/m0/s1. The summed E-state index contributed by atoms with van der Waals surface area (Å²) in [5, 5.41) is 0. The summed E-state index contributed by atoms with van der Waals surface area (Å²) in [7, 11) is 0. The van der Waals surface area contributed by atoms with Crippen LogP contribution in [0.4, 0.5) is 0 Å². The number of rotatable bonds is 6. The SMILES string of the molecule is CCOC(=O)[C@]1(C)OC2(CCCC2)O[C@H]1/C=C\C(C)=C\[C@@H](C)CC. The van der Waals surface area contributed by atoms with Crippen LogP contribution < -0.4 is 0 Å². The van der Waals surface area contributed by atoms with E-state index in [0.717, 1.165) is 32.1 Å². The Labute approximate surface area is 146 Å². The first-order valence-corrected chi connectivity index (χ1v) is 9.27. The second-order valence-corrected chi connectivity index (χ2v) is 7.24. The molecule has 4 heteroatoms. The van der Waals surface area contributed by atoms with Crippen molar-refractivity contribution in [1.29, 1.82) is 0 Å². The first kappa shape index (κ1) is 19.2. The molecule has 0 radical (unpaired) electrons. The Balaban J connectivity index is 2.20. The van der Waals surface area contributed by atoms with Gasteiger partial charge >= 0.3 is 5.97 Å². The minimum Gasteiger partial charge on any atom is -0.464 e. The van der Waals surface area contributed by atoms with Crippen LogP contribution >= 0.6 is 0 Å². The highest BCUT2D eigenvalue weighted by Crippen LogP contribution is 2.47. The van der Waals surface area contributed by atoms with Crippen LogP contribution in [0.3, 0.4) is 0 Å². The number of hydrogen-bond acceptors (Lipinski definition) is 4. The molecule has 24 heavy (non-hydrogen) atoms. The lowest BCUT2D eigenvalue weighted by Gasteiger charge is -2.26.